The van der Waals surface area contributed by atoms with Crippen molar-refractivity contribution in [2.24, 2.45) is 5.41 Å². The molecule has 2 aliphatic rings. The van der Waals surface area contributed by atoms with Crippen LogP contribution in [0.1, 0.15) is 44.7 Å². The van der Waals surface area contributed by atoms with Gasteiger partial charge in [-0.25, -0.2) is 0 Å². The predicted molar refractivity (Wildman–Crippen MR) is 75.4 cm³/mol. The summed E-state index contributed by atoms with van der Waals surface area (Å²) in [4.78, 5) is 0. The largest absolute Gasteiger partial charge is 0.382 e. The van der Waals surface area contributed by atoms with Crippen LogP contribution in [0.3, 0.4) is 0 Å². The first-order valence-electron chi connectivity index (χ1n) is 7.02. The maximum Gasteiger partial charge on any atom is 0.146 e. The molecular weight excluding hydrogens is 236 g/mol. The lowest BCUT2D eigenvalue weighted by atomic mass is 9.58. The Bertz CT molecular complexity index is 544. The fraction of sp³-hybridized carbons (Fsp3) is 0.533. The van der Waals surface area contributed by atoms with Crippen LogP contribution in [0.15, 0.2) is 29.1 Å². The topological polar surface area (TPSA) is 63.8 Å². The SMILES string of the molecule is CCC1=C=C2NCCCC12C(C)c1ccc(N)nn1. The van der Waals surface area contributed by atoms with Crippen LogP contribution in [0.2, 0.25) is 0 Å². The molecule has 1 saturated heterocycles. The lowest BCUT2D eigenvalue weighted by Gasteiger charge is -2.48. The number of hydrogen-bond donors (Lipinski definition) is 2. The van der Waals surface area contributed by atoms with E-state index in [1.54, 1.807) is 0 Å². The third kappa shape index (κ3) is 1.67. The summed E-state index contributed by atoms with van der Waals surface area (Å²) in [5.41, 5.74) is 12.9. The van der Waals surface area contributed by atoms with Crippen molar-refractivity contribution in [3.63, 3.8) is 0 Å². The van der Waals surface area contributed by atoms with Gasteiger partial charge < -0.3 is 11.1 Å². The number of hydrogen-bond acceptors (Lipinski definition) is 4. The molecular formula is C15H20N4. The fourth-order valence-corrected chi connectivity index (χ4v) is 3.46. The number of nitrogens with one attached hydrogen (secondary N) is 1. The van der Waals surface area contributed by atoms with E-state index in [4.69, 9.17) is 5.73 Å². The molecule has 4 heteroatoms. The van der Waals surface area contributed by atoms with Gasteiger partial charge in [0.25, 0.3) is 0 Å². The van der Waals surface area contributed by atoms with Crippen molar-refractivity contribution >= 4 is 5.82 Å². The fourth-order valence-electron chi connectivity index (χ4n) is 3.46. The highest BCUT2D eigenvalue weighted by atomic mass is 15.1. The maximum atomic E-state index is 5.62. The van der Waals surface area contributed by atoms with Gasteiger partial charge >= 0.3 is 0 Å². The van der Waals surface area contributed by atoms with E-state index in [1.807, 2.05) is 12.1 Å². The number of rotatable bonds is 3. The highest BCUT2D eigenvalue weighted by Gasteiger charge is 2.49. The molecule has 19 heavy (non-hydrogen) atoms. The standard InChI is InChI=1S/C15H20N4/c1-3-11-9-13-15(11,7-4-8-17-13)10(2)12-5-6-14(16)19-18-12/h5-6,10,17H,3-4,7-8H2,1-2H3,(H2,16,19). The number of piperidine rings is 1. The Kier molecular flexibility index (Phi) is 2.83. The first-order chi connectivity index (χ1) is 9.18. The van der Waals surface area contributed by atoms with Gasteiger partial charge in [0.15, 0.2) is 0 Å². The summed E-state index contributed by atoms with van der Waals surface area (Å²) in [7, 11) is 0. The second-order valence-electron chi connectivity index (χ2n) is 5.44. The second kappa shape index (κ2) is 4.39. The van der Waals surface area contributed by atoms with Crippen molar-refractivity contribution in [3.05, 3.63) is 34.8 Å². The number of anilines is 1. The summed E-state index contributed by atoms with van der Waals surface area (Å²) < 4.78 is 0. The van der Waals surface area contributed by atoms with E-state index in [0.717, 1.165) is 18.7 Å². The van der Waals surface area contributed by atoms with E-state index >= 15 is 0 Å². The van der Waals surface area contributed by atoms with Crippen LogP contribution in [0.25, 0.3) is 0 Å². The van der Waals surface area contributed by atoms with Crippen molar-refractivity contribution in [3.8, 4) is 0 Å². The Labute approximate surface area is 113 Å². The average molecular weight is 256 g/mol. The molecule has 2 heterocycles. The summed E-state index contributed by atoms with van der Waals surface area (Å²) in [6.45, 7) is 5.50. The zero-order valence-electron chi connectivity index (χ0n) is 11.5. The van der Waals surface area contributed by atoms with Gasteiger partial charge in [-0.1, -0.05) is 19.6 Å². The molecule has 1 aromatic rings. The van der Waals surface area contributed by atoms with Gasteiger partial charge in [-0.3, -0.25) is 0 Å². The van der Waals surface area contributed by atoms with Crippen molar-refractivity contribution in [2.75, 3.05) is 12.3 Å². The van der Waals surface area contributed by atoms with Crippen LogP contribution < -0.4 is 11.1 Å². The summed E-state index contributed by atoms with van der Waals surface area (Å²) >= 11 is 0. The van der Waals surface area contributed by atoms with E-state index in [-0.39, 0.29) is 5.41 Å². The van der Waals surface area contributed by atoms with Crippen molar-refractivity contribution in [2.45, 2.75) is 39.0 Å². The van der Waals surface area contributed by atoms with Crippen LogP contribution in [-0.2, 0) is 0 Å². The zero-order valence-corrected chi connectivity index (χ0v) is 11.5. The van der Waals surface area contributed by atoms with Crippen molar-refractivity contribution in [1.82, 2.24) is 15.5 Å². The van der Waals surface area contributed by atoms with Crippen LogP contribution in [-0.4, -0.2) is 16.7 Å². The molecule has 2 atom stereocenters. The number of nitrogens with zero attached hydrogens (tertiary/aromatic N) is 2. The van der Waals surface area contributed by atoms with Crippen molar-refractivity contribution in [1.29, 1.82) is 0 Å². The molecule has 4 nitrogen and oxygen atoms in total. The Hall–Kier alpha value is -1.80. The first-order valence-corrected chi connectivity index (χ1v) is 7.02. The average Bonchev–Trinajstić information content (AvgIpc) is 2.41. The van der Waals surface area contributed by atoms with Crippen LogP contribution >= 0.6 is 0 Å². The monoisotopic (exact) mass is 256 g/mol. The molecule has 0 bridgehead atoms. The third-order valence-corrected chi connectivity index (χ3v) is 4.55. The molecule has 2 unspecified atom stereocenters. The normalized spacial score (nSPS) is 26.4. The van der Waals surface area contributed by atoms with E-state index < -0.39 is 0 Å². The molecule has 0 aromatic carbocycles. The first kappa shape index (κ1) is 12.2. The predicted octanol–water partition coefficient (Wildman–Crippen LogP) is 2.36. The summed E-state index contributed by atoms with van der Waals surface area (Å²) in [6.07, 6.45) is 3.43. The summed E-state index contributed by atoms with van der Waals surface area (Å²) in [5.74, 6) is 0.797. The quantitative estimate of drug-likeness (QED) is 0.815. The van der Waals surface area contributed by atoms with Gasteiger partial charge in [-0.15, -0.1) is 5.10 Å². The minimum Gasteiger partial charge on any atom is -0.382 e. The molecule has 0 amide bonds. The third-order valence-electron chi connectivity index (χ3n) is 4.55. The van der Waals surface area contributed by atoms with E-state index in [2.05, 4.69) is 35.1 Å². The lowest BCUT2D eigenvalue weighted by molar-refractivity contribution is 0.245. The van der Waals surface area contributed by atoms with E-state index in [0.29, 0.717) is 11.7 Å². The molecule has 1 aliphatic carbocycles. The van der Waals surface area contributed by atoms with E-state index in [9.17, 15) is 0 Å². The molecule has 100 valence electrons. The van der Waals surface area contributed by atoms with Gasteiger partial charge in [0.1, 0.15) is 5.82 Å². The Morgan fingerprint density at radius 3 is 2.95 bits per heavy atom. The number of aromatic nitrogens is 2. The van der Waals surface area contributed by atoms with E-state index in [1.165, 1.54) is 24.1 Å². The molecule has 1 aromatic heterocycles. The smallest absolute Gasteiger partial charge is 0.146 e. The Morgan fingerprint density at radius 1 is 1.47 bits per heavy atom. The van der Waals surface area contributed by atoms with Gasteiger partial charge in [0.05, 0.1) is 16.8 Å². The molecule has 1 aliphatic heterocycles. The minimum absolute atomic E-state index is 0.109. The lowest BCUT2D eigenvalue weighted by Crippen LogP contribution is -2.46. The summed E-state index contributed by atoms with van der Waals surface area (Å²) in [6, 6.07) is 3.84. The van der Waals surface area contributed by atoms with Gasteiger partial charge in [0, 0.05) is 12.5 Å². The number of nitrogen functional groups attached to an aromatic ring is 1. The number of fused-ring (bicyclic) bond motifs is 1. The highest BCUT2D eigenvalue weighted by molar-refractivity contribution is 5.44. The minimum atomic E-state index is 0.109. The van der Waals surface area contributed by atoms with Gasteiger partial charge in [0.2, 0.25) is 0 Å². The summed E-state index contributed by atoms with van der Waals surface area (Å²) in [5, 5.41) is 11.8. The second-order valence-corrected chi connectivity index (χ2v) is 5.44. The molecule has 3 rings (SSSR count). The molecule has 3 N–H and O–H groups in total. The van der Waals surface area contributed by atoms with Crippen LogP contribution in [0, 0.1) is 5.41 Å². The Morgan fingerprint density at radius 2 is 2.32 bits per heavy atom. The highest BCUT2D eigenvalue weighted by Crippen LogP contribution is 2.56. The van der Waals surface area contributed by atoms with Crippen LogP contribution in [0.4, 0.5) is 5.82 Å². The van der Waals surface area contributed by atoms with Crippen molar-refractivity contribution < 1.29 is 0 Å². The Balaban J connectivity index is 1.96. The molecule has 0 saturated carbocycles. The number of nitrogens with two attached hydrogens (primary N) is 1. The van der Waals surface area contributed by atoms with Gasteiger partial charge in [-0.2, -0.15) is 5.10 Å². The maximum absolute atomic E-state index is 5.62. The van der Waals surface area contributed by atoms with Gasteiger partial charge in [-0.05, 0) is 37.0 Å². The molecule has 0 spiro atoms. The molecule has 0 radical (unpaired) electrons. The zero-order chi connectivity index (χ0) is 13.5. The molecule has 1 fully saturated rings. The van der Waals surface area contributed by atoms with Crippen LogP contribution in [0.5, 0.6) is 0 Å².